The van der Waals surface area contributed by atoms with Gasteiger partial charge in [0.1, 0.15) is 0 Å². The summed E-state index contributed by atoms with van der Waals surface area (Å²) in [6.07, 6.45) is 0. The molecule has 2 rings (SSSR count). The number of anilines is 1. The Bertz CT molecular complexity index is 780. The zero-order chi connectivity index (χ0) is 14.7. The molecule has 1 N–H and O–H groups in total. The van der Waals surface area contributed by atoms with Crippen LogP contribution in [0.25, 0.3) is 0 Å². The van der Waals surface area contributed by atoms with Gasteiger partial charge >= 0.3 is 5.69 Å². The summed E-state index contributed by atoms with van der Waals surface area (Å²) >= 11 is 0. The van der Waals surface area contributed by atoms with E-state index in [1.165, 1.54) is 14.1 Å². The fraction of sp³-hybridized carbons (Fsp3) is 0.231. The summed E-state index contributed by atoms with van der Waals surface area (Å²) < 4.78 is 2.09. The maximum Gasteiger partial charge on any atom is 0.346 e. The molecule has 0 saturated carbocycles. The van der Waals surface area contributed by atoms with Gasteiger partial charge < -0.3 is 5.32 Å². The SMILES string of the molecule is Cn1nc(NCc2ccc(C#N)cc2)c(=O)n(C)c1=O. The Kier molecular flexibility index (Phi) is 3.66. The number of nitrogens with zero attached hydrogens (tertiary/aromatic N) is 4. The van der Waals surface area contributed by atoms with E-state index in [4.69, 9.17) is 5.26 Å². The topological polar surface area (TPSA) is 92.7 Å². The smallest absolute Gasteiger partial charge is 0.346 e. The molecule has 0 atom stereocenters. The van der Waals surface area contributed by atoms with E-state index in [1.54, 1.807) is 24.3 Å². The van der Waals surface area contributed by atoms with E-state index < -0.39 is 11.2 Å². The van der Waals surface area contributed by atoms with Crippen molar-refractivity contribution in [3.63, 3.8) is 0 Å². The molecule has 1 heterocycles. The summed E-state index contributed by atoms with van der Waals surface area (Å²) in [5, 5.41) is 15.5. The molecule has 7 heteroatoms. The zero-order valence-electron chi connectivity index (χ0n) is 11.1. The number of aryl methyl sites for hydroxylation is 1. The van der Waals surface area contributed by atoms with E-state index >= 15 is 0 Å². The van der Waals surface area contributed by atoms with Crippen LogP contribution in [-0.2, 0) is 20.6 Å². The van der Waals surface area contributed by atoms with Crippen LogP contribution < -0.4 is 16.6 Å². The van der Waals surface area contributed by atoms with Crippen LogP contribution in [0.1, 0.15) is 11.1 Å². The Morgan fingerprint density at radius 3 is 2.50 bits per heavy atom. The lowest BCUT2D eigenvalue weighted by Crippen LogP contribution is -2.39. The third-order valence-corrected chi connectivity index (χ3v) is 2.86. The lowest BCUT2D eigenvalue weighted by atomic mass is 10.1. The van der Waals surface area contributed by atoms with E-state index in [-0.39, 0.29) is 5.82 Å². The van der Waals surface area contributed by atoms with Crippen LogP contribution in [0.15, 0.2) is 33.9 Å². The van der Waals surface area contributed by atoms with Gasteiger partial charge in [0.25, 0.3) is 5.56 Å². The van der Waals surface area contributed by atoms with Crippen LogP contribution in [0.3, 0.4) is 0 Å². The van der Waals surface area contributed by atoms with Gasteiger partial charge in [-0.05, 0) is 17.7 Å². The van der Waals surface area contributed by atoms with E-state index in [1.807, 2.05) is 6.07 Å². The maximum absolute atomic E-state index is 11.8. The highest BCUT2D eigenvalue weighted by atomic mass is 16.2. The quantitative estimate of drug-likeness (QED) is 0.845. The van der Waals surface area contributed by atoms with Gasteiger partial charge in [-0.15, -0.1) is 5.10 Å². The number of nitriles is 1. The van der Waals surface area contributed by atoms with Crippen molar-refractivity contribution in [1.29, 1.82) is 5.26 Å². The molecule has 0 bridgehead atoms. The van der Waals surface area contributed by atoms with Crippen LogP contribution in [-0.4, -0.2) is 14.3 Å². The van der Waals surface area contributed by atoms with Gasteiger partial charge in [0.15, 0.2) is 0 Å². The normalized spacial score (nSPS) is 10.1. The summed E-state index contributed by atoms with van der Waals surface area (Å²) in [7, 11) is 2.88. The minimum absolute atomic E-state index is 0.110. The van der Waals surface area contributed by atoms with E-state index in [9.17, 15) is 9.59 Å². The third-order valence-electron chi connectivity index (χ3n) is 2.86. The van der Waals surface area contributed by atoms with Gasteiger partial charge in [0, 0.05) is 20.6 Å². The van der Waals surface area contributed by atoms with Gasteiger partial charge in [0.2, 0.25) is 5.82 Å². The molecule has 0 radical (unpaired) electrons. The first-order valence-electron chi connectivity index (χ1n) is 5.90. The number of benzene rings is 1. The highest BCUT2D eigenvalue weighted by molar-refractivity contribution is 5.35. The number of hydrogen-bond donors (Lipinski definition) is 1. The number of nitrogens with one attached hydrogen (secondary N) is 1. The van der Waals surface area contributed by atoms with E-state index in [2.05, 4.69) is 10.4 Å². The molecule has 20 heavy (non-hydrogen) atoms. The Balaban J connectivity index is 2.21. The van der Waals surface area contributed by atoms with E-state index in [0.717, 1.165) is 14.8 Å². The Labute approximate surface area is 114 Å². The van der Waals surface area contributed by atoms with E-state index in [0.29, 0.717) is 12.1 Å². The number of hydrogen-bond acceptors (Lipinski definition) is 5. The van der Waals surface area contributed by atoms with Crippen LogP contribution in [0.2, 0.25) is 0 Å². The number of rotatable bonds is 3. The summed E-state index contributed by atoms with van der Waals surface area (Å²) in [6.45, 7) is 0.381. The molecule has 102 valence electrons. The molecule has 0 aliphatic carbocycles. The van der Waals surface area contributed by atoms with Crippen molar-refractivity contribution in [1.82, 2.24) is 14.3 Å². The van der Waals surface area contributed by atoms with Crippen LogP contribution >= 0.6 is 0 Å². The molecular weight excluding hydrogens is 258 g/mol. The largest absolute Gasteiger partial charge is 0.360 e. The lowest BCUT2D eigenvalue weighted by Gasteiger charge is -2.08. The maximum atomic E-state index is 11.8. The fourth-order valence-electron chi connectivity index (χ4n) is 1.69. The summed E-state index contributed by atoms with van der Waals surface area (Å²) in [4.78, 5) is 23.3. The Morgan fingerprint density at radius 2 is 1.90 bits per heavy atom. The lowest BCUT2D eigenvalue weighted by molar-refractivity contribution is 0.604. The minimum Gasteiger partial charge on any atom is -0.360 e. The van der Waals surface area contributed by atoms with Gasteiger partial charge in [-0.3, -0.25) is 9.36 Å². The van der Waals surface area contributed by atoms with Gasteiger partial charge in [-0.2, -0.15) is 5.26 Å². The summed E-state index contributed by atoms with van der Waals surface area (Å²) in [5.74, 6) is 0.110. The van der Waals surface area contributed by atoms with Crippen molar-refractivity contribution in [3.05, 3.63) is 56.2 Å². The van der Waals surface area contributed by atoms with Gasteiger partial charge in [-0.25, -0.2) is 9.48 Å². The van der Waals surface area contributed by atoms with Crippen molar-refractivity contribution < 1.29 is 0 Å². The second-order valence-electron chi connectivity index (χ2n) is 4.28. The molecule has 0 saturated heterocycles. The number of aromatic nitrogens is 3. The molecule has 0 spiro atoms. The summed E-state index contributed by atoms with van der Waals surface area (Å²) in [5.41, 5.74) is 0.535. The molecule has 7 nitrogen and oxygen atoms in total. The first kappa shape index (κ1) is 13.5. The predicted molar refractivity (Wildman–Crippen MR) is 73.2 cm³/mol. The van der Waals surface area contributed by atoms with Crippen LogP contribution in [0.5, 0.6) is 0 Å². The van der Waals surface area contributed by atoms with Crippen molar-refractivity contribution in [3.8, 4) is 6.07 Å². The standard InChI is InChI=1S/C13H13N5O2/c1-17-12(19)11(16-18(2)13(17)20)15-8-10-5-3-9(7-14)4-6-10/h3-6H,8H2,1-2H3,(H,15,16). The highest BCUT2D eigenvalue weighted by Crippen LogP contribution is 2.04. The molecule has 0 amide bonds. The Hall–Kier alpha value is -2.88. The first-order valence-corrected chi connectivity index (χ1v) is 5.90. The minimum atomic E-state index is -0.473. The molecule has 0 unspecified atom stereocenters. The average molecular weight is 271 g/mol. The summed E-state index contributed by atoms with van der Waals surface area (Å²) in [6, 6.07) is 9.01. The second kappa shape index (κ2) is 5.40. The predicted octanol–water partition coefficient (Wildman–Crippen LogP) is -0.0372. The Morgan fingerprint density at radius 1 is 1.25 bits per heavy atom. The van der Waals surface area contributed by atoms with Gasteiger partial charge in [0.05, 0.1) is 11.6 Å². The van der Waals surface area contributed by atoms with Crippen molar-refractivity contribution >= 4 is 5.82 Å². The molecule has 0 fully saturated rings. The zero-order valence-corrected chi connectivity index (χ0v) is 11.1. The van der Waals surface area contributed by atoms with Crippen molar-refractivity contribution in [2.45, 2.75) is 6.54 Å². The van der Waals surface area contributed by atoms with Crippen molar-refractivity contribution in [2.24, 2.45) is 14.1 Å². The average Bonchev–Trinajstić information content (AvgIpc) is 2.48. The monoisotopic (exact) mass is 271 g/mol. The molecular formula is C13H13N5O2. The molecule has 1 aromatic heterocycles. The fourth-order valence-corrected chi connectivity index (χ4v) is 1.69. The van der Waals surface area contributed by atoms with Crippen molar-refractivity contribution in [2.75, 3.05) is 5.32 Å². The third kappa shape index (κ3) is 2.59. The molecule has 1 aromatic carbocycles. The second-order valence-corrected chi connectivity index (χ2v) is 4.28. The van der Waals surface area contributed by atoms with Crippen LogP contribution in [0, 0.1) is 11.3 Å². The van der Waals surface area contributed by atoms with Crippen LogP contribution in [0.4, 0.5) is 5.82 Å². The van der Waals surface area contributed by atoms with Gasteiger partial charge in [-0.1, -0.05) is 12.1 Å². The molecule has 0 aliphatic rings. The first-order chi connectivity index (χ1) is 9.52. The highest BCUT2D eigenvalue weighted by Gasteiger charge is 2.07. The molecule has 2 aromatic rings. The molecule has 0 aliphatic heterocycles.